The maximum atomic E-state index is 13.0. The van der Waals surface area contributed by atoms with Crippen LogP contribution in [0.3, 0.4) is 0 Å². The highest BCUT2D eigenvalue weighted by molar-refractivity contribution is 7.89. The van der Waals surface area contributed by atoms with Crippen molar-refractivity contribution in [1.29, 1.82) is 0 Å². The molecule has 0 amide bonds. The highest BCUT2D eigenvalue weighted by atomic mass is 35.5. The number of rotatable bonds is 2. The van der Waals surface area contributed by atoms with E-state index in [-0.39, 0.29) is 22.9 Å². The van der Waals surface area contributed by atoms with Crippen LogP contribution in [0, 0.1) is 0 Å². The molecule has 0 N–H and O–H groups in total. The molecule has 0 aromatic heterocycles. The standard InChI is InChI=1S/C12H13ClF3NO2S/c13-9-4-3-5-10(8-9)20(18,19)17-7-2-1-6-11(17)12(14,15)16/h3-5,8,11H,1-2,6-7H2. The van der Waals surface area contributed by atoms with Crippen molar-refractivity contribution in [2.45, 2.75) is 36.4 Å². The molecule has 0 spiro atoms. The number of hydrogen-bond donors (Lipinski definition) is 0. The molecule has 1 aromatic carbocycles. The molecule has 1 fully saturated rings. The van der Waals surface area contributed by atoms with Gasteiger partial charge in [-0.05, 0) is 31.0 Å². The normalized spacial score (nSPS) is 21.9. The topological polar surface area (TPSA) is 37.4 Å². The van der Waals surface area contributed by atoms with Gasteiger partial charge in [0.25, 0.3) is 0 Å². The average molecular weight is 328 g/mol. The van der Waals surface area contributed by atoms with Gasteiger partial charge in [0.2, 0.25) is 10.0 Å². The summed E-state index contributed by atoms with van der Waals surface area (Å²) >= 11 is 5.71. The van der Waals surface area contributed by atoms with Crippen molar-refractivity contribution in [3.63, 3.8) is 0 Å². The Hall–Kier alpha value is -0.790. The molecule has 1 aliphatic heterocycles. The van der Waals surface area contributed by atoms with Crippen LogP contribution >= 0.6 is 11.6 Å². The molecule has 1 aliphatic rings. The van der Waals surface area contributed by atoms with Crippen LogP contribution in [0.2, 0.25) is 5.02 Å². The van der Waals surface area contributed by atoms with E-state index < -0.39 is 22.2 Å². The van der Waals surface area contributed by atoms with Gasteiger partial charge in [0.15, 0.2) is 0 Å². The fourth-order valence-electron chi connectivity index (χ4n) is 2.28. The minimum Gasteiger partial charge on any atom is -0.207 e. The summed E-state index contributed by atoms with van der Waals surface area (Å²) in [5, 5.41) is 0.173. The van der Waals surface area contributed by atoms with Crippen molar-refractivity contribution < 1.29 is 21.6 Å². The molecular formula is C12H13ClF3NO2S. The number of benzene rings is 1. The quantitative estimate of drug-likeness (QED) is 0.834. The largest absolute Gasteiger partial charge is 0.405 e. The molecule has 3 nitrogen and oxygen atoms in total. The third-order valence-corrected chi connectivity index (χ3v) is 5.37. The molecule has 2 rings (SSSR count). The monoisotopic (exact) mass is 327 g/mol. The van der Waals surface area contributed by atoms with E-state index in [0.717, 1.165) is 0 Å². The van der Waals surface area contributed by atoms with Crippen molar-refractivity contribution in [2.24, 2.45) is 0 Å². The Balaban J connectivity index is 2.41. The van der Waals surface area contributed by atoms with E-state index in [1.54, 1.807) is 0 Å². The minimum atomic E-state index is -4.56. The molecule has 1 atom stereocenters. The zero-order valence-electron chi connectivity index (χ0n) is 10.4. The van der Waals surface area contributed by atoms with Crippen molar-refractivity contribution in [1.82, 2.24) is 4.31 Å². The lowest BCUT2D eigenvalue weighted by Gasteiger charge is -2.35. The molecule has 112 valence electrons. The number of halogens is 4. The lowest BCUT2D eigenvalue weighted by atomic mass is 10.1. The van der Waals surface area contributed by atoms with Crippen LogP contribution in [0.15, 0.2) is 29.2 Å². The van der Waals surface area contributed by atoms with Crippen LogP contribution in [0.25, 0.3) is 0 Å². The third-order valence-electron chi connectivity index (χ3n) is 3.23. The van der Waals surface area contributed by atoms with Gasteiger partial charge in [-0.2, -0.15) is 17.5 Å². The van der Waals surface area contributed by atoms with Gasteiger partial charge in [0.05, 0.1) is 4.90 Å². The van der Waals surface area contributed by atoms with Crippen LogP contribution in [0.5, 0.6) is 0 Å². The summed E-state index contributed by atoms with van der Waals surface area (Å²) in [6.07, 6.45) is -3.98. The van der Waals surface area contributed by atoms with E-state index >= 15 is 0 Å². The van der Waals surface area contributed by atoms with Gasteiger partial charge in [-0.1, -0.05) is 24.1 Å². The van der Waals surface area contributed by atoms with Crippen LogP contribution < -0.4 is 0 Å². The van der Waals surface area contributed by atoms with Crippen molar-refractivity contribution in [2.75, 3.05) is 6.54 Å². The first-order valence-corrected chi connectivity index (χ1v) is 7.89. The summed E-state index contributed by atoms with van der Waals surface area (Å²) in [7, 11) is -4.19. The summed E-state index contributed by atoms with van der Waals surface area (Å²) in [5.41, 5.74) is 0. The summed E-state index contributed by atoms with van der Waals surface area (Å²) in [5.74, 6) is 0. The van der Waals surface area contributed by atoms with Crippen molar-refractivity contribution in [3.05, 3.63) is 29.3 Å². The smallest absolute Gasteiger partial charge is 0.207 e. The van der Waals surface area contributed by atoms with Crippen molar-refractivity contribution >= 4 is 21.6 Å². The highest BCUT2D eigenvalue weighted by Gasteiger charge is 2.48. The maximum Gasteiger partial charge on any atom is 0.405 e. The Kier molecular flexibility index (Phi) is 4.32. The van der Waals surface area contributed by atoms with Crippen molar-refractivity contribution in [3.8, 4) is 0 Å². The first kappa shape index (κ1) is 15.6. The van der Waals surface area contributed by atoms with E-state index in [1.807, 2.05) is 0 Å². The summed E-state index contributed by atoms with van der Waals surface area (Å²) < 4.78 is 64.2. The molecule has 8 heteroatoms. The number of sulfonamides is 1. The molecule has 0 aliphatic carbocycles. The van der Waals surface area contributed by atoms with Gasteiger partial charge in [0.1, 0.15) is 6.04 Å². The molecular weight excluding hydrogens is 315 g/mol. The molecule has 1 heterocycles. The van der Waals surface area contributed by atoms with E-state index in [4.69, 9.17) is 11.6 Å². The zero-order valence-corrected chi connectivity index (χ0v) is 12.0. The van der Waals surface area contributed by atoms with Gasteiger partial charge in [-0.15, -0.1) is 0 Å². The predicted molar refractivity (Wildman–Crippen MR) is 69.0 cm³/mol. The van der Waals surface area contributed by atoms with Gasteiger partial charge >= 0.3 is 6.18 Å². The Morgan fingerprint density at radius 2 is 1.95 bits per heavy atom. The van der Waals surface area contributed by atoms with Crippen LogP contribution in [0.4, 0.5) is 13.2 Å². The minimum absolute atomic E-state index is 0.126. The molecule has 1 aromatic rings. The Labute approximate surface area is 120 Å². The summed E-state index contributed by atoms with van der Waals surface area (Å²) in [6, 6.07) is 3.34. The Morgan fingerprint density at radius 3 is 2.55 bits per heavy atom. The van der Waals surface area contributed by atoms with E-state index in [0.29, 0.717) is 17.1 Å². The second-order valence-electron chi connectivity index (χ2n) is 4.63. The van der Waals surface area contributed by atoms with Crippen LogP contribution in [-0.2, 0) is 10.0 Å². The number of alkyl halides is 3. The van der Waals surface area contributed by atoms with E-state index in [1.165, 1.54) is 24.3 Å². The molecule has 1 unspecified atom stereocenters. The summed E-state index contributed by atoms with van der Waals surface area (Å²) in [6.45, 7) is -0.126. The molecule has 1 saturated heterocycles. The molecule has 0 bridgehead atoms. The van der Waals surface area contributed by atoms with Gasteiger partial charge in [0, 0.05) is 11.6 Å². The summed E-state index contributed by atoms with van der Waals surface area (Å²) in [4.78, 5) is -0.207. The highest BCUT2D eigenvalue weighted by Crippen LogP contribution is 2.35. The van der Waals surface area contributed by atoms with Gasteiger partial charge < -0.3 is 0 Å². The fraction of sp³-hybridized carbons (Fsp3) is 0.500. The zero-order chi connectivity index (χ0) is 15.0. The van der Waals surface area contributed by atoms with Crippen LogP contribution in [-0.4, -0.2) is 31.5 Å². The van der Waals surface area contributed by atoms with Gasteiger partial charge in [-0.25, -0.2) is 8.42 Å². The lowest BCUT2D eigenvalue weighted by Crippen LogP contribution is -2.51. The third kappa shape index (κ3) is 3.10. The Morgan fingerprint density at radius 1 is 1.25 bits per heavy atom. The first-order valence-electron chi connectivity index (χ1n) is 6.07. The second-order valence-corrected chi connectivity index (χ2v) is 6.95. The number of hydrogen-bond acceptors (Lipinski definition) is 2. The second kappa shape index (κ2) is 5.54. The Bertz CT molecular complexity index is 589. The molecule has 0 radical (unpaired) electrons. The maximum absolute atomic E-state index is 13.0. The molecule has 0 saturated carbocycles. The SMILES string of the molecule is O=S(=O)(c1cccc(Cl)c1)N1CCCCC1C(F)(F)F. The van der Waals surface area contributed by atoms with E-state index in [9.17, 15) is 21.6 Å². The molecule has 20 heavy (non-hydrogen) atoms. The fourth-order valence-corrected chi connectivity index (χ4v) is 4.26. The number of nitrogens with zero attached hydrogens (tertiary/aromatic N) is 1. The average Bonchev–Trinajstić information content (AvgIpc) is 2.38. The van der Waals surface area contributed by atoms with Crippen LogP contribution in [0.1, 0.15) is 19.3 Å². The predicted octanol–water partition coefficient (Wildman–Crippen LogP) is 3.45. The first-order chi connectivity index (χ1) is 9.23. The number of piperidine rings is 1. The lowest BCUT2D eigenvalue weighted by molar-refractivity contribution is -0.177. The van der Waals surface area contributed by atoms with E-state index in [2.05, 4.69) is 0 Å². The van der Waals surface area contributed by atoms with Gasteiger partial charge in [-0.3, -0.25) is 0 Å².